The van der Waals surface area contributed by atoms with Gasteiger partial charge in [-0.05, 0) is 42.8 Å². The number of H-pyrrole nitrogens is 1. The van der Waals surface area contributed by atoms with Crippen molar-refractivity contribution in [3.8, 4) is 16.9 Å². The smallest absolute Gasteiger partial charge is 0.276 e. The fourth-order valence-corrected chi connectivity index (χ4v) is 3.33. The van der Waals surface area contributed by atoms with Crippen LogP contribution in [0.5, 0.6) is 5.75 Å². The molecule has 7 nitrogen and oxygen atoms in total. The van der Waals surface area contributed by atoms with E-state index in [0.29, 0.717) is 33.4 Å². The molecule has 0 saturated heterocycles. The molecular formula is C21H17ClN4O3. The van der Waals surface area contributed by atoms with Crippen molar-refractivity contribution in [2.75, 3.05) is 12.4 Å². The normalized spacial score (nSPS) is 10.9. The molecule has 0 radical (unpaired) electrons. The molecule has 0 bridgehead atoms. The van der Waals surface area contributed by atoms with Crippen LogP contribution in [0.25, 0.3) is 16.8 Å². The average Bonchev–Trinajstić information content (AvgIpc) is 3.08. The Labute approximate surface area is 170 Å². The van der Waals surface area contributed by atoms with Crippen LogP contribution in [0.2, 0.25) is 5.02 Å². The van der Waals surface area contributed by atoms with Crippen molar-refractivity contribution in [1.82, 2.24) is 14.6 Å². The zero-order valence-electron chi connectivity index (χ0n) is 15.7. The number of rotatable bonds is 4. The lowest BCUT2D eigenvalue weighted by Crippen LogP contribution is -2.14. The summed E-state index contributed by atoms with van der Waals surface area (Å²) in [7, 11) is 1.58. The summed E-state index contributed by atoms with van der Waals surface area (Å²) >= 11 is 6.01. The fraction of sp³-hybridized carbons (Fsp3) is 0.0952. The van der Waals surface area contributed by atoms with Crippen LogP contribution in [0.3, 0.4) is 0 Å². The minimum Gasteiger partial charge on any atom is -0.497 e. The zero-order chi connectivity index (χ0) is 20.5. The molecule has 0 saturated carbocycles. The van der Waals surface area contributed by atoms with Gasteiger partial charge in [0.25, 0.3) is 11.5 Å². The Morgan fingerprint density at radius 1 is 1.17 bits per heavy atom. The van der Waals surface area contributed by atoms with Crippen molar-refractivity contribution in [3.63, 3.8) is 0 Å². The molecule has 0 unspecified atom stereocenters. The van der Waals surface area contributed by atoms with Crippen LogP contribution < -0.4 is 15.6 Å². The third-order valence-corrected chi connectivity index (χ3v) is 4.71. The van der Waals surface area contributed by atoms with E-state index in [9.17, 15) is 9.59 Å². The number of methoxy groups -OCH3 is 1. The second-order valence-electron chi connectivity index (χ2n) is 6.45. The molecule has 1 amide bonds. The summed E-state index contributed by atoms with van der Waals surface area (Å²) in [6, 6.07) is 15.5. The topological polar surface area (TPSA) is 88.5 Å². The lowest BCUT2D eigenvalue weighted by Gasteiger charge is -2.07. The quantitative estimate of drug-likeness (QED) is 0.535. The predicted octanol–water partition coefficient (Wildman–Crippen LogP) is 3.91. The van der Waals surface area contributed by atoms with Crippen LogP contribution >= 0.6 is 11.6 Å². The first-order valence-electron chi connectivity index (χ1n) is 8.80. The number of anilines is 1. The van der Waals surface area contributed by atoms with Crippen molar-refractivity contribution in [2.24, 2.45) is 0 Å². The molecule has 0 aliphatic heterocycles. The highest BCUT2D eigenvalue weighted by molar-refractivity contribution is 6.31. The number of carbonyl (C=O) groups excluding carboxylic acids is 1. The molecule has 0 atom stereocenters. The van der Waals surface area contributed by atoms with Gasteiger partial charge in [0, 0.05) is 22.5 Å². The van der Waals surface area contributed by atoms with E-state index in [4.69, 9.17) is 16.3 Å². The van der Waals surface area contributed by atoms with Gasteiger partial charge in [0.05, 0.1) is 12.7 Å². The Hall–Kier alpha value is -3.58. The number of aromatic nitrogens is 3. The molecule has 8 heteroatoms. The molecule has 0 fully saturated rings. The van der Waals surface area contributed by atoms with Gasteiger partial charge in [-0.1, -0.05) is 29.8 Å². The third-order valence-electron chi connectivity index (χ3n) is 4.48. The molecular weight excluding hydrogens is 392 g/mol. The van der Waals surface area contributed by atoms with Crippen molar-refractivity contribution in [3.05, 3.63) is 81.4 Å². The van der Waals surface area contributed by atoms with Crippen molar-refractivity contribution in [1.29, 1.82) is 0 Å². The fourth-order valence-electron chi connectivity index (χ4n) is 3.14. The first-order chi connectivity index (χ1) is 14.0. The minimum atomic E-state index is -0.415. The number of fused-ring (bicyclic) bond motifs is 1. The number of hydrogen-bond donors (Lipinski definition) is 2. The van der Waals surface area contributed by atoms with Crippen LogP contribution in [0, 0.1) is 6.92 Å². The molecule has 2 N–H and O–H groups in total. The molecule has 4 rings (SSSR count). The maximum Gasteiger partial charge on any atom is 0.276 e. The van der Waals surface area contributed by atoms with Crippen LogP contribution in [0.15, 0.2) is 59.4 Å². The third kappa shape index (κ3) is 3.60. The molecule has 0 spiro atoms. The maximum atomic E-state index is 13.1. The largest absolute Gasteiger partial charge is 0.497 e. The second-order valence-corrected chi connectivity index (χ2v) is 6.89. The lowest BCUT2D eigenvalue weighted by molar-refractivity contribution is 0.102. The molecule has 2 aromatic carbocycles. The SMILES string of the molecule is COc1ccc(-c2c(C(=O)Nc3cccc(Cl)c3)nn3c(C)cc(=O)[nH]c23)cc1. The number of aromatic amines is 1. The highest BCUT2D eigenvalue weighted by Crippen LogP contribution is 2.30. The Morgan fingerprint density at radius 2 is 1.93 bits per heavy atom. The van der Waals surface area contributed by atoms with E-state index in [1.807, 2.05) is 12.1 Å². The number of aryl methyl sites for hydroxylation is 1. The number of nitrogens with one attached hydrogen (secondary N) is 2. The van der Waals surface area contributed by atoms with Gasteiger partial charge in [0.2, 0.25) is 0 Å². The van der Waals surface area contributed by atoms with E-state index in [1.165, 1.54) is 6.07 Å². The highest BCUT2D eigenvalue weighted by atomic mass is 35.5. The van der Waals surface area contributed by atoms with Crippen LogP contribution in [-0.4, -0.2) is 27.6 Å². The van der Waals surface area contributed by atoms with Crippen molar-refractivity contribution < 1.29 is 9.53 Å². The molecule has 0 aliphatic rings. The van der Waals surface area contributed by atoms with E-state index < -0.39 is 5.91 Å². The summed E-state index contributed by atoms with van der Waals surface area (Å²) in [5.41, 5.74) is 2.75. The standard InChI is InChI=1S/C21H17ClN4O3/c1-12-10-17(27)24-20-18(13-6-8-16(29-2)9-7-13)19(25-26(12)20)21(28)23-15-5-3-4-14(22)11-15/h3-11H,1-2H3,(H,23,28)(H,24,27). The van der Waals surface area contributed by atoms with E-state index in [2.05, 4.69) is 15.4 Å². The van der Waals surface area contributed by atoms with Crippen LogP contribution in [0.1, 0.15) is 16.2 Å². The van der Waals surface area contributed by atoms with E-state index >= 15 is 0 Å². The molecule has 4 aromatic rings. The Bertz CT molecular complexity index is 1280. The molecule has 2 aromatic heterocycles. The number of halogens is 1. The lowest BCUT2D eigenvalue weighted by atomic mass is 10.0. The average molecular weight is 409 g/mol. The Morgan fingerprint density at radius 3 is 2.62 bits per heavy atom. The summed E-state index contributed by atoms with van der Waals surface area (Å²) in [5.74, 6) is 0.266. The molecule has 146 valence electrons. The molecule has 2 heterocycles. The summed E-state index contributed by atoms with van der Waals surface area (Å²) in [6.45, 7) is 1.76. The van der Waals surface area contributed by atoms with Gasteiger partial charge >= 0.3 is 0 Å². The number of benzene rings is 2. The van der Waals surface area contributed by atoms with E-state index in [-0.39, 0.29) is 11.3 Å². The van der Waals surface area contributed by atoms with Gasteiger partial charge in [-0.2, -0.15) is 5.10 Å². The maximum absolute atomic E-state index is 13.1. The Kier molecular flexibility index (Phi) is 4.82. The van der Waals surface area contributed by atoms with Gasteiger partial charge in [0.15, 0.2) is 5.69 Å². The first kappa shape index (κ1) is 18.8. The summed E-state index contributed by atoms with van der Waals surface area (Å²) in [6.07, 6.45) is 0. The van der Waals surface area contributed by atoms with Gasteiger partial charge in [-0.25, -0.2) is 4.52 Å². The predicted molar refractivity (Wildman–Crippen MR) is 112 cm³/mol. The Balaban J connectivity index is 1.89. The summed E-state index contributed by atoms with van der Waals surface area (Å²) in [5, 5.41) is 7.78. The number of ether oxygens (including phenoxy) is 1. The highest BCUT2D eigenvalue weighted by Gasteiger charge is 2.22. The van der Waals surface area contributed by atoms with E-state index in [0.717, 1.165) is 5.56 Å². The monoisotopic (exact) mass is 408 g/mol. The summed E-state index contributed by atoms with van der Waals surface area (Å²) in [4.78, 5) is 27.9. The number of hydrogen-bond acceptors (Lipinski definition) is 4. The van der Waals surface area contributed by atoms with Gasteiger partial charge in [0.1, 0.15) is 11.4 Å². The van der Waals surface area contributed by atoms with E-state index in [1.54, 1.807) is 54.9 Å². The number of amides is 1. The molecule has 0 aliphatic carbocycles. The zero-order valence-corrected chi connectivity index (χ0v) is 16.4. The molecule has 29 heavy (non-hydrogen) atoms. The first-order valence-corrected chi connectivity index (χ1v) is 9.18. The summed E-state index contributed by atoms with van der Waals surface area (Å²) < 4.78 is 6.76. The van der Waals surface area contributed by atoms with Gasteiger partial charge in [-0.15, -0.1) is 0 Å². The number of nitrogens with zero attached hydrogens (tertiary/aromatic N) is 2. The van der Waals surface area contributed by atoms with Crippen LogP contribution in [-0.2, 0) is 0 Å². The second kappa shape index (κ2) is 7.44. The number of carbonyl (C=O) groups is 1. The van der Waals surface area contributed by atoms with Gasteiger partial charge in [-0.3, -0.25) is 9.59 Å². The van der Waals surface area contributed by atoms with Crippen molar-refractivity contribution in [2.45, 2.75) is 6.92 Å². The minimum absolute atomic E-state index is 0.181. The van der Waals surface area contributed by atoms with Gasteiger partial charge < -0.3 is 15.0 Å². The van der Waals surface area contributed by atoms with Crippen molar-refractivity contribution >= 4 is 28.8 Å². The van der Waals surface area contributed by atoms with Crippen LogP contribution in [0.4, 0.5) is 5.69 Å².